The topological polar surface area (TPSA) is 50.2 Å². The third-order valence-corrected chi connectivity index (χ3v) is 3.40. The largest absolute Gasteiger partial charge is 0.334 e. The number of nitrogens with one attached hydrogen (secondary N) is 1. The van der Waals surface area contributed by atoms with Crippen molar-refractivity contribution >= 4 is 5.91 Å². The van der Waals surface area contributed by atoms with Gasteiger partial charge in [-0.15, -0.1) is 0 Å². The molecule has 106 valence electrons. The molecule has 0 spiro atoms. The van der Waals surface area contributed by atoms with Crippen molar-refractivity contribution < 1.29 is 4.79 Å². The van der Waals surface area contributed by atoms with E-state index in [1.165, 1.54) is 0 Å². The minimum absolute atomic E-state index is 0.0412. The molecule has 1 aromatic heterocycles. The van der Waals surface area contributed by atoms with Gasteiger partial charge in [-0.2, -0.15) is 5.10 Å². The van der Waals surface area contributed by atoms with Crippen molar-refractivity contribution in [2.75, 3.05) is 19.6 Å². The molecule has 0 bridgehead atoms. The van der Waals surface area contributed by atoms with E-state index in [1.807, 2.05) is 22.6 Å². The van der Waals surface area contributed by atoms with Crippen LogP contribution in [0.25, 0.3) is 0 Å². The average molecular weight is 264 g/mol. The Kier molecular flexibility index (Phi) is 3.67. The number of hydrogen-bond acceptors (Lipinski definition) is 3. The highest BCUT2D eigenvalue weighted by Crippen LogP contribution is 2.18. The van der Waals surface area contributed by atoms with Gasteiger partial charge in [-0.3, -0.25) is 9.48 Å². The summed E-state index contributed by atoms with van der Waals surface area (Å²) in [6.45, 7) is 12.7. The van der Waals surface area contributed by atoms with Crippen LogP contribution in [-0.4, -0.2) is 46.3 Å². The summed E-state index contributed by atoms with van der Waals surface area (Å²) < 4.78 is 1.92. The third-order valence-electron chi connectivity index (χ3n) is 3.40. The number of amides is 1. The Morgan fingerprint density at radius 2 is 2.16 bits per heavy atom. The molecule has 1 N–H and O–H groups in total. The standard InChI is InChI=1S/C14H24N4O/c1-10-9-17(7-6-15-10)13(19)12-8-11(2)18(16-12)14(3,4)5/h8,10,15H,6-7,9H2,1-5H3/t10-/m0/s1. The zero-order valence-electron chi connectivity index (χ0n) is 12.5. The van der Waals surface area contributed by atoms with Crippen LogP contribution in [-0.2, 0) is 5.54 Å². The summed E-state index contributed by atoms with van der Waals surface area (Å²) in [5, 5.41) is 7.83. The molecule has 1 aliphatic heterocycles. The van der Waals surface area contributed by atoms with Crippen molar-refractivity contribution in [1.29, 1.82) is 0 Å². The van der Waals surface area contributed by atoms with Gasteiger partial charge in [0.05, 0.1) is 5.54 Å². The van der Waals surface area contributed by atoms with Crippen LogP contribution in [0.2, 0.25) is 0 Å². The van der Waals surface area contributed by atoms with Crippen molar-refractivity contribution in [2.24, 2.45) is 0 Å². The second-order valence-electron chi connectivity index (χ2n) is 6.36. The van der Waals surface area contributed by atoms with Crippen LogP contribution < -0.4 is 5.32 Å². The number of nitrogens with zero attached hydrogens (tertiary/aromatic N) is 3. The van der Waals surface area contributed by atoms with Gasteiger partial charge in [0.1, 0.15) is 0 Å². The van der Waals surface area contributed by atoms with Gasteiger partial charge in [0.25, 0.3) is 5.91 Å². The van der Waals surface area contributed by atoms with Crippen LogP contribution in [0.3, 0.4) is 0 Å². The van der Waals surface area contributed by atoms with Crippen LogP contribution in [0, 0.1) is 6.92 Å². The van der Waals surface area contributed by atoms with Crippen molar-refractivity contribution in [3.05, 3.63) is 17.5 Å². The molecule has 1 aromatic rings. The molecule has 0 saturated carbocycles. The molecule has 5 heteroatoms. The predicted molar refractivity (Wildman–Crippen MR) is 75.3 cm³/mol. The number of piperazine rings is 1. The number of carbonyl (C=O) groups is 1. The molecule has 19 heavy (non-hydrogen) atoms. The SMILES string of the molecule is Cc1cc(C(=O)N2CCN[C@@H](C)C2)nn1C(C)(C)C. The van der Waals surface area contributed by atoms with E-state index in [0.29, 0.717) is 11.7 Å². The minimum atomic E-state index is -0.0979. The maximum atomic E-state index is 12.5. The highest BCUT2D eigenvalue weighted by atomic mass is 16.2. The van der Waals surface area contributed by atoms with Crippen molar-refractivity contribution in [1.82, 2.24) is 20.0 Å². The predicted octanol–water partition coefficient (Wildman–Crippen LogP) is 1.38. The molecule has 1 aliphatic rings. The fraction of sp³-hybridized carbons (Fsp3) is 0.714. The van der Waals surface area contributed by atoms with E-state index in [2.05, 4.69) is 38.1 Å². The summed E-state index contributed by atoms with van der Waals surface area (Å²) in [4.78, 5) is 14.3. The van der Waals surface area contributed by atoms with Crippen LogP contribution >= 0.6 is 0 Å². The summed E-state index contributed by atoms with van der Waals surface area (Å²) >= 11 is 0. The third kappa shape index (κ3) is 2.97. The first-order chi connectivity index (χ1) is 8.79. The molecule has 0 aromatic carbocycles. The van der Waals surface area contributed by atoms with E-state index in [0.717, 1.165) is 25.3 Å². The van der Waals surface area contributed by atoms with E-state index in [-0.39, 0.29) is 11.4 Å². The van der Waals surface area contributed by atoms with Crippen LogP contribution in [0.5, 0.6) is 0 Å². The van der Waals surface area contributed by atoms with Gasteiger partial charge >= 0.3 is 0 Å². The maximum Gasteiger partial charge on any atom is 0.274 e. The highest BCUT2D eigenvalue weighted by Gasteiger charge is 2.25. The van der Waals surface area contributed by atoms with Gasteiger partial charge in [0, 0.05) is 31.4 Å². The van der Waals surface area contributed by atoms with Gasteiger partial charge in [0.2, 0.25) is 0 Å². The van der Waals surface area contributed by atoms with Crippen LogP contribution in [0.4, 0.5) is 0 Å². The summed E-state index contributed by atoms with van der Waals surface area (Å²) in [5.41, 5.74) is 1.49. The van der Waals surface area contributed by atoms with Gasteiger partial charge < -0.3 is 10.2 Å². The van der Waals surface area contributed by atoms with E-state index in [4.69, 9.17) is 0 Å². The molecule has 1 atom stereocenters. The molecule has 1 fully saturated rings. The molecule has 5 nitrogen and oxygen atoms in total. The maximum absolute atomic E-state index is 12.5. The first-order valence-electron chi connectivity index (χ1n) is 6.89. The first kappa shape index (κ1) is 14.1. The second kappa shape index (κ2) is 4.96. The Balaban J connectivity index is 2.20. The Morgan fingerprint density at radius 1 is 1.47 bits per heavy atom. The van der Waals surface area contributed by atoms with Gasteiger partial charge in [-0.1, -0.05) is 0 Å². The lowest BCUT2D eigenvalue weighted by Crippen LogP contribution is -2.51. The lowest BCUT2D eigenvalue weighted by molar-refractivity contribution is 0.0701. The summed E-state index contributed by atoms with van der Waals surface area (Å²) in [5.74, 6) is 0.0412. The van der Waals surface area contributed by atoms with Gasteiger partial charge in [0.15, 0.2) is 5.69 Å². The number of aromatic nitrogens is 2. The van der Waals surface area contributed by atoms with E-state index in [1.54, 1.807) is 0 Å². The quantitative estimate of drug-likeness (QED) is 0.833. The molecule has 2 rings (SSSR count). The van der Waals surface area contributed by atoms with Crippen molar-refractivity contribution in [3.8, 4) is 0 Å². The van der Waals surface area contributed by atoms with Crippen LogP contribution in [0.15, 0.2) is 6.07 Å². The smallest absolute Gasteiger partial charge is 0.274 e. The first-order valence-corrected chi connectivity index (χ1v) is 6.89. The summed E-state index contributed by atoms with van der Waals surface area (Å²) in [6.07, 6.45) is 0. The number of aryl methyl sites for hydroxylation is 1. The lowest BCUT2D eigenvalue weighted by Gasteiger charge is -2.31. The Hall–Kier alpha value is -1.36. The van der Waals surface area contributed by atoms with E-state index in [9.17, 15) is 4.79 Å². The van der Waals surface area contributed by atoms with E-state index < -0.39 is 0 Å². The molecule has 0 radical (unpaired) electrons. The molecule has 0 aliphatic carbocycles. The van der Waals surface area contributed by atoms with Crippen molar-refractivity contribution in [2.45, 2.75) is 46.2 Å². The minimum Gasteiger partial charge on any atom is -0.334 e. The lowest BCUT2D eigenvalue weighted by atomic mass is 10.1. The van der Waals surface area contributed by atoms with Gasteiger partial charge in [-0.05, 0) is 40.7 Å². The second-order valence-corrected chi connectivity index (χ2v) is 6.36. The number of hydrogen-bond donors (Lipinski definition) is 1. The van der Waals surface area contributed by atoms with Gasteiger partial charge in [-0.25, -0.2) is 0 Å². The molecule has 0 unspecified atom stereocenters. The van der Waals surface area contributed by atoms with Crippen LogP contribution in [0.1, 0.15) is 43.9 Å². The average Bonchev–Trinajstić information content (AvgIpc) is 2.70. The Labute approximate surface area is 115 Å². The zero-order valence-corrected chi connectivity index (χ0v) is 12.5. The molecule has 1 amide bonds. The summed E-state index contributed by atoms with van der Waals surface area (Å²) in [7, 11) is 0. The zero-order chi connectivity index (χ0) is 14.2. The van der Waals surface area contributed by atoms with E-state index >= 15 is 0 Å². The summed E-state index contributed by atoms with van der Waals surface area (Å²) in [6, 6.07) is 2.24. The highest BCUT2D eigenvalue weighted by molar-refractivity contribution is 5.92. The Bertz CT molecular complexity index is 472. The normalized spacial score (nSPS) is 20.7. The molecular weight excluding hydrogens is 240 g/mol. The Morgan fingerprint density at radius 3 is 2.68 bits per heavy atom. The molecule has 2 heterocycles. The fourth-order valence-electron chi connectivity index (χ4n) is 2.54. The molecular formula is C14H24N4O. The van der Waals surface area contributed by atoms with Crippen molar-refractivity contribution in [3.63, 3.8) is 0 Å². The number of carbonyl (C=O) groups excluding carboxylic acids is 1. The number of rotatable bonds is 1. The fourth-order valence-corrected chi connectivity index (χ4v) is 2.54. The monoisotopic (exact) mass is 264 g/mol. The molecule has 1 saturated heterocycles.